The molecule has 0 saturated carbocycles. The van der Waals surface area contributed by atoms with Crippen LogP contribution in [0, 0.1) is 5.82 Å². The van der Waals surface area contributed by atoms with Crippen LogP contribution in [0.25, 0.3) is 5.69 Å². The summed E-state index contributed by atoms with van der Waals surface area (Å²) in [6.07, 6.45) is 3.87. The van der Waals surface area contributed by atoms with Gasteiger partial charge >= 0.3 is 0 Å². The molecular formula is C16H15FN4O3S. The number of hydrogen-bond donors (Lipinski definition) is 0. The number of nitrogens with zero attached hydrogens (tertiary/aromatic N) is 4. The highest BCUT2D eigenvalue weighted by Crippen LogP contribution is 2.28. The predicted molar refractivity (Wildman–Crippen MR) is 89.9 cm³/mol. The highest BCUT2D eigenvalue weighted by atomic mass is 32.2. The third kappa shape index (κ3) is 3.05. The first-order valence-corrected chi connectivity index (χ1v) is 8.66. The molecule has 25 heavy (non-hydrogen) atoms. The minimum absolute atomic E-state index is 0.0917. The fraction of sp³-hybridized carbons (Fsp3) is 0.125. The molecule has 130 valence electrons. The summed E-state index contributed by atoms with van der Waals surface area (Å²) in [7, 11) is -1.15. The Bertz CT molecular complexity index is 1000. The lowest BCUT2D eigenvalue weighted by atomic mass is 10.3. The van der Waals surface area contributed by atoms with E-state index in [1.165, 1.54) is 43.4 Å². The van der Waals surface area contributed by atoms with Gasteiger partial charge in [0.25, 0.3) is 10.0 Å². The highest BCUT2D eigenvalue weighted by molar-refractivity contribution is 7.92. The van der Waals surface area contributed by atoms with Crippen molar-refractivity contribution >= 4 is 15.8 Å². The first-order valence-electron chi connectivity index (χ1n) is 7.22. The van der Waals surface area contributed by atoms with Crippen LogP contribution in [0.4, 0.5) is 10.2 Å². The lowest BCUT2D eigenvalue weighted by molar-refractivity contribution is 0.414. The second-order valence-corrected chi connectivity index (χ2v) is 7.04. The minimum atomic E-state index is -3.94. The normalized spacial score (nSPS) is 11.3. The zero-order valence-electron chi connectivity index (χ0n) is 13.5. The number of halogens is 1. The van der Waals surface area contributed by atoms with Crippen molar-refractivity contribution in [2.45, 2.75) is 4.90 Å². The molecule has 0 aliphatic rings. The van der Waals surface area contributed by atoms with Crippen molar-refractivity contribution < 1.29 is 17.5 Å². The molecule has 0 fully saturated rings. The van der Waals surface area contributed by atoms with Crippen molar-refractivity contribution in [3.63, 3.8) is 0 Å². The summed E-state index contributed by atoms with van der Waals surface area (Å²) in [6.45, 7) is 0. The Hall–Kier alpha value is -2.94. The van der Waals surface area contributed by atoms with E-state index in [1.54, 1.807) is 24.3 Å². The number of benzene rings is 1. The molecule has 0 atom stereocenters. The maximum Gasteiger partial charge on any atom is 0.268 e. The van der Waals surface area contributed by atoms with Crippen molar-refractivity contribution in [1.29, 1.82) is 0 Å². The summed E-state index contributed by atoms with van der Waals surface area (Å²) >= 11 is 0. The Labute approximate surface area is 144 Å². The Morgan fingerprint density at radius 3 is 2.68 bits per heavy atom. The molecule has 9 heteroatoms. The van der Waals surface area contributed by atoms with E-state index in [1.807, 2.05) is 0 Å². The monoisotopic (exact) mass is 362 g/mol. The van der Waals surface area contributed by atoms with Gasteiger partial charge in [-0.15, -0.1) is 0 Å². The Morgan fingerprint density at radius 1 is 1.20 bits per heavy atom. The second kappa shape index (κ2) is 6.52. The molecular weight excluding hydrogens is 347 g/mol. The zero-order valence-corrected chi connectivity index (χ0v) is 14.3. The van der Waals surface area contributed by atoms with Crippen LogP contribution in [0.3, 0.4) is 0 Å². The van der Waals surface area contributed by atoms with Gasteiger partial charge in [0.1, 0.15) is 16.4 Å². The minimum Gasteiger partial charge on any atom is -0.493 e. The van der Waals surface area contributed by atoms with Crippen molar-refractivity contribution in [2.75, 3.05) is 18.5 Å². The van der Waals surface area contributed by atoms with Crippen LogP contribution in [-0.2, 0) is 10.0 Å². The number of ether oxygens (including phenoxy) is 1. The van der Waals surface area contributed by atoms with Crippen molar-refractivity contribution in [2.24, 2.45) is 0 Å². The van der Waals surface area contributed by atoms with E-state index < -0.39 is 15.8 Å². The molecule has 0 saturated heterocycles. The smallest absolute Gasteiger partial charge is 0.268 e. The van der Waals surface area contributed by atoms with Crippen molar-refractivity contribution in [3.05, 3.63) is 60.8 Å². The lowest BCUT2D eigenvalue weighted by Gasteiger charge is -2.19. The molecule has 3 aromatic rings. The van der Waals surface area contributed by atoms with Crippen LogP contribution in [0.1, 0.15) is 0 Å². The molecule has 0 N–H and O–H groups in total. The first kappa shape index (κ1) is 16.9. The van der Waals surface area contributed by atoms with Gasteiger partial charge < -0.3 is 4.74 Å². The maximum atomic E-state index is 13.9. The summed E-state index contributed by atoms with van der Waals surface area (Å²) in [6, 6.07) is 9.21. The van der Waals surface area contributed by atoms with Crippen molar-refractivity contribution in [3.8, 4) is 11.4 Å². The largest absolute Gasteiger partial charge is 0.493 e. The SMILES string of the molecule is COc1cccnc1N(C)S(=O)(=O)c1cnn(-c2ccccc2F)c1. The van der Waals surface area contributed by atoms with Crippen molar-refractivity contribution in [1.82, 2.24) is 14.8 Å². The molecule has 0 aliphatic heterocycles. The molecule has 3 rings (SSSR count). The molecule has 0 radical (unpaired) electrons. The number of sulfonamides is 1. The van der Waals surface area contributed by atoms with E-state index >= 15 is 0 Å². The molecule has 7 nitrogen and oxygen atoms in total. The van der Waals surface area contributed by atoms with Gasteiger partial charge in [-0.3, -0.25) is 0 Å². The summed E-state index contributed by atoms with van der Waals surface area (Å²) in [5.74, 6) is -0.0481. The average Bonchev–Trinajstić information content (AvgIpc) is 3.12. The number of anilines is 1. The van der Waals surface area contributed by atoms with Gasteiger partial charge in [0, 0.05) is 13.2 Å². The first-order chi connectivity index (χ1) is 11.9. The van der Waals surface area contributed by atoms with Crippen LogP contribution in [0.2, 0.25) is 0 Å². The number of para-hydroxylation sites is 1. The average molecular weight is 362 g/mol. The topological polar surface area (TPSA) is 77.3 Å². The Morgan fingerprint density at radius 2 is 1.96 bits per heavy atom. The van der Waals surface area contributed by atoms with Gasteiger partial charge in [0.2, 0.25) is 0 Å². The number of methoxy groups -OCH3 is 1. The van der Waals surface area contributed by atoms with Gasteiger partial charge in [-0.1, -0.05) is 12.1 Å². The summed E-state index contributed by atoms with van der Waals surface area (Å²) in [5.41, 5.74) is 0.155. The number of rotatable bonds is 5. The standard InChI is InChI=1S/C16H15FN4O3S/c1-20(16-15(24-2)8-5-9-18-16)25(22,23)12-10-19-21(11-12)14-7-4-3-6-13(14)17/h3-11H,1-2H3. The molecule has 0 aliphatic carbocycles. The van der Waals surface area contributed by atoms with Crippen LogP contribution in [0.5, 0.6) is 5.75 Å². The number of hydrogen-bond acceptors (Lipinski definition) is 5. The third-order valence-electron chi connectivity index (χ3n) is 3.59. The molecule has 0 spiro atoms. The molecule has 0 amide bonds. The summed E-state index contributed by atoms with van der Waals surface area (Å²) in [4.78, 5) is 3.96. The fourth-order valence-corrected chi connectivity index (χ4v) is 3.35. The molecule has 2 aromatic heterocycles. The Balaban J connectivity index is 2.00. The van der Waals surface area contributed by atoms with Crippen LogP contribution in [0.15, 0.2) is 59.9 Å². The third-order valence-corrected chi connectivity index (χ3v) is 5.29. The van der Waals surface area contributed by atoms with E-state index in [9.17, 15) is 12.8 Å². The highest BCUT2D eigenvalue weighted by Gasteiger charge is 2.26. The number of pyridine rings is 1. The Kier molecular flexibility index (Phi) is 4.41. The van der Waals surface area contributed by atoms with Gasteiger partial charge in [0.05, 0.1) is 19.5 Å². The van der Waals surface area contributed by atoms with Gasteiger partial charge in [0.15, 0.2) is 11.6 Å². The molecule has 0 unspecified atom stereocenters. The predicted octanol–water partition coefficient (Wildman–Crippen LogP) is 2.24. The van der Waals surface area contributed by atoms with E-state index in [0.29, 0.717) is 5.75 Å². The van der Waals surface area contributed by atoms with E-state index in [0.717, 1.165) is 10.5 Å². The van der Waals surface area contributed by atoms with Crippen LogP contribution >= 0.6 is 0 Å². The second-order valence-electron chi connectivity index (χ2n) is 5.07. The van der Waals surface area contributed by atoms with E-state index in [2.05, 4.69) is 10.1 Å². The summed E-state index contributed by atoms with van der Waals surface area (Å²) < 4.78 is 46.8. The molecule has 0 bridgehead atoms. The van der Waals surface area contributed by atoms with Gasteiger partial charge in [-0.25, -0.2) is 26.8 Å². The number of aromatic nitrogens is 3. The van der Waals surface area contributed by atoms with Gasteiger partial charge in [-0.05, 0) is 24.3 Å². The summed E-state index contributed by atoms with van der Waals surface area (Å²) in [5, 5.41) is 3.95. The lowest BCUT2D eigenvalue weighted by Crippen LogP contribution is -2.27. The maximum absolute atomic E-state index is 13.9. The van der Waals surface area contributed by atoms with E-state index in [4.69, 9.17) is 4.74 Å². The fourth-order valence-electron chi connectivity index (χ4n) is 2.26. The molecule has 2 heterocycles. The molecule has 1 aromatic carbocycles. The van der Waals surface area contributed by atoms with Crippen LogP contribution in [-0.4, -0.2) is 37.3 Å². The van der Waals surface area contributed by atoms with Gasteiger partial charge in [-0.2, -0.15) is 5.10 Å². The zero-order chi connectivity index (χ0) is 18.0. The quantitative estimate of drug-likeness (QED) is 0.696. The van der Waals surface area contributed by atoms with E-state index in [-0.39, 0.29) is 16.4 Å². The van der Waals surface area contributed by atoms with Crippen LogP contribution < -0.4 is 9.04 Å².